The van der Waals surface area contributed by atoms with E-state index in [1.54, 1.807) is 0 Å². The number of alkyl halides is 3. The van der Waals surface area contributed by atoms with Gasteiger partial charge in [-0.2, -0.15) is 24.9 Å². The molecule has 0 saturated heterocycles. The summed E-state index contributed by atoms with van der Waals surface area (Å²) in [6.45, 7) is -0.136. The highest BCUT2D eigenvalue weighted by Gasteiger charge is 2.37. The normalized spacial score (nSPS) is 16.5. The molecule has 0 aromatic heterocycles. The number of amides is 1. The van der Waals surface area contributed by atoms with Crippen molar-refractivity contribution in [3.8, 4) is 5.75 Å². The van der Waals surface area contributed by atoms with Crippen molar-refractivity contribution in [2.75, 3.05) is 28.2 Å². The topological polar surface area (TPSA) is 95.9 Å². The molecular weight excluding hydrogens is 445 g/mol. The highest BCUT2D eigenvalue weighted by atomic mass is 32.2. The van der Waals surface area contributed by atoms with E-state index in [9.17, 15) is 26.4 Å². The molecule has 1 aliphatic rings. The number of nitrogens with one attached hydrogen (secondary N) is 1. The molecule has 2 N–H and O–H groups in total. The number of rotatable bonds is 5. The molecule has 0 saturated carbocycles. The number of hydrogen-bond acceptors (Lipinski definition) is 5. The molecule has 0 spiro atoms. The minimum absolute atomic E-state index is 0.0380. The van der Waals surface area contributed by atoms with Gasteiger partial charge in [0, 0.05) is 11.4 Å². The zero-order valence-corrected chi connectivity index (χ0v) is 17.1. The molecule has 1 aliphatic heterocycles. The fourth-order valence-corrected chi connectivity index (χ4v) is 5.06. The quantitative estimate of drug-likeness (QED) is 0.694. The Morgan fingerprint density at radius 1 is 1.30 bits per heavy atom. The first-order valence-electron chi connectivity index (χ1n) is 8.52. The lowest BCUT2D eigenvalue weighted by atomic mass is 10.2. The van der Waals surface area contributed by atoms with Gasteiger partial charge in [0.1, 0.15) is 11.9 Å². The lowest BCUT2D eigenvalue weighted by Crippen LogP contribution is -2.44. The van der Waals surface area contributed by atoms with Crippen LogP contribution in [0.4, 0.5) is 29.3 Å². The fraction of sp³-hybridized carbons (Fsp3) is 0.278. The number of carbonyl (C=O) groups is 1. The number of nitrogens with zero attached hydrogens (tertiary/aromatic N) is 1. The van der Waals surface area contributed by atoms with Gasteiger partial charge in [0.2, 0.25) is 0 Å². The first-order valence-corrected chi connectivity index (χ1v) is 11.4. The molecule has 0 bridgehead atoms. The zero-order chi connectivity index (χ0) is 22.1. The van der Waals surface area contributed by atoms with Crippen LogP contribution in [0.3, 0.4) is 0 Å². The summed E-state index contributed by atoms with van der Waals surface area (Å²) in [6, 6.07) is 7.57. The third-order valence-electron chi connectivity index (χ3n) is 4.24. The van der Waals surface area contributed by atoms with E-state index in [1.807, 2.05) is 6.26 Å². The maximum absolute atomic E-state index is 13.3. The second-order valence-corrected chi connectivity index (χ2v) is 9.14. The van der Waals surface area contributed by atoms with E-state index in [0.717, 1.165) is 22.5 Å². The van der Waals surface area contributed by atoms with Crippen LogP contribution in [0.25, 0.3) is 0 Å². The van der Waals surface area contributed by atoms with E-state index in [4.69, 9.17) is 9.84 Å². The van der Waals surface area contributed by atoms with E-state index in [-0.39, 0.29) is 23.7 Å². The SMILES string of the molecule is CSCC1CN(S(=O)(=O)c2cccc(C(F)(F)F)c2)c2cc(NC(=O)O)ccc2O1. The predicted molar refractivity (Wildman–Crippen MR) is 107 cm³/mol. The standard InChI is InChI=1S/C18H17F3N2O5S2/c1-29-10-13-9-23(15-8-12(22-17(24)25)5-6-16(15)28-13)30(26,27)14-4-2-3-11(7-14)18(19,20)21/h2-8,13,22H,9-10H2,1H3,(H,24,25). The number of carboxylic acid groups (broad SMARTS) is 1. The minimum atomic E-state index is -4.70. The van der Waals surface area contributed by atoms with Crippen LogP contribution >= 0.6 is 11.8 Å². The molecule has 1 unspecified atom stereocenters. The Morgan fingerprint density at radius 3 is 2.67 bits per heavy atom. The van der Waals surface area contributed by atoms with Crippen LogP contribution in [0.1, 0.15) is 5.56 Å². The first kappa shape index (κ1) is 22.1. The van der Waals surface area contributed by atoms with Crippen LogP contribution in [-0.2, 0) is 16.2 Å². The van der Waals surface area contributed by atoms with Gasteiger partial charge in [-0.15, -0.1) is 0 Å². The lowest BCUT2D eigenvalue weighted by molar-refractivity contribution is -0.137. The molecular formula is C18H17F3N2O5S2. The largest absolute Gasteiger partial charge is 0.485 e. The first-order chi connectivity index (χ1) is 14.0. The number of benzene rings is 2. The molecule has 0 radical (unpaired) electrons. The Kier molecular flexibility index (Phi) is 6.09. The van der Waals surface area contributed by atoms with Gasteiger partial charge in [-0.25, -0.2) is 13.2 Å². The van der Waals surface area contributed by atoms with Crippen molar-refractivity contribution in [1.29, 1.82) is 0 Å². The van der Waals surface area contributed by atoms with E-state index < -0.39 is 38.9 Å². The van der Waals surface area contributed by atoms with Crippen molar-refractivity contribution < 1.29 is 36.2 Å². The smallest absolute Gasteiger partial charge is 0.416 e. The third-order valence-corrected chi connectivity index (χ3v) is 6.72. The molecule has 0 aliphatic carbocycles. The number of sulfonamides is 1. The van der Waals surface area contributed by atoms with Gasteiger partial charge in [-0.05, 0) is 42.7 Å². The summed E-state index contributed by atoms with van der Waals surface area (Å²) < 4.78 is 72.5. The minimum Gasteiger partial charge on any atom is -0.485 e. The molecule has 1 heterocycles. The summed E-state index contributed by atoms with van der Waals surface area (Å²) in [6.07, 6.45) is -4.77. The maximum atomic E-state index is 13.3. The van der Waals surface area contributed by atoms with Crippen molar-refractivity contribution in [2.45, 2.75) is 17.2 Å². The van der Waals surface area contributed by atoms with E-state index in [1.165, 1.54) is 30.0 Å². The van der Waals surface area contributed by atoms with E-state index in [2.05, 4.69) is 5.32 Å². The number of halogens is 3. The summed E-state index contributed by atoms with van der Waals surface area (Å²) >= 11 is 1.42. The average molecular weight is 462 g/mol. The van der Waals surface area contributed by atoms with Gasteiger partial charge in [-0.1, -0.05) is 6.07 Å². The van der Waals surface area contributed by atoms with Crippen LogP contribution < -0.4 is 14.4 Å². The van der Waals surface area contributed by atoms with Crippen molar-refractivity contribution in [3.05, 3.63) is 48.0 Å². The van der Waals surface area contributed by atoms with Crippen LogP contribution in [-0.4, -0.2) is 44.3 Å². The molecule has 2 aromatic carbocycles. The van der Waals surface area contributed by atoms with Crippen LogP contribution in [0.5, 0.6) is 5.75 Å². The monoisotopic (exact) mass is 462 g/mol. The highest BCUT2D eigenvalue weighted by molar-refractivity contribution is 7.98. The van der Waals surface area contributed by atoms with Crippen molar-refractivity contribution >= 4 is 39.3 Å². The summed E-state index contributed by atoms with van der Waals surface area (Å²) in [5.41, 5.74) is -0.951. The fourth-order valence-electron chi connectivity index (χ4n) is 2.97. The summed E-state index contributed by atoms with van der Waals surface area (Å²) in [7, 11) is -4.39. The Balaban J connectivity index is 2.10. The van der Waals surface area contributed by atoms with Crippen molar-refractivity contribution in [2.24, 2.45) is 0 Å². The Bertz CT molecular complexity index is 1060. The molecule has 0 fully saturated rings. The Morgan fingerprint density at radius 2 is 2.03 bits per heavy atom. The second kappa shape index (κ2) is 8.26. The summed E-state index contributed by atoms with van der Waals surface area (Å²) in [5.74, 6) is 0.634. The van der Waals surface area contributed by atoms with Gasteiger partial charge in [0.25, 0.3) is 10.0 Å². The molecule has 2 aromatic rings. The lowest BCUT2D eigenvalue weighted by Gasteiger charge is -2.35. The molecule has 3 rings (SSSR count). The second-order valence-electron chi connectivity index (χ2n) is 6.37. The van der Waals surface area contributed by atoms with Crippen molar-refractivity contribution in [3.63, 3.8) is 0 Å². The molecule has 1 atom stereocenters. The number of hydrogen-bond donors (Lipinski definition) is 2. The Hall–Kier alpha value is -2.60. The van der Waals surface area contributed by atoms with Gasteiger partial charge in [0.15, 0.2) is 0 Å². The molecule has 162 valence electrons. The number of ether oxygens (including phenoxy) is 1. The maximum Gasteiger partial charge on any atom is 0.416 e. The van der Waals surface area contributed by atoms with E-state index >= 15 is 0 Å². The number of anilines is 2. The van der Waals surface area contributed by atoms with Gasteiger partial charge in [-0.3, -0.25) is 9.62 Å². The zero-order valence-electron chi connectivity index (χ0n) is 15.5. The third kappa shape index (κ3) is 4.59. The number of fused-ring (bicyclic) bond motifs is 1. The van der Waals surface area contributed by atoms with Gasteiger partial charge >= 0.3 is 12.3 Å². The molecule has 7 nitrogen and oxygen atoms in total. The van der Waals surface area contributed by atoms with Crippen LogP contribution in [0.15, 0.2) is 47.4 Å². The van der Waals surface area contributed by atoms with E-state index in [0.29, 0.717) is 11.8 Å². The predicted octanol–water partition coefficient (Wildman–Crippen LogP) is 4.11. The summed E-state index contributed by atoms with van der Waals surface area (Å²) in [5, 5.41) is 11.0. The highest BCUT2D eigenvalue weighted by Crippen LogP contribution is 2.40. The Labute approximate surface area is 174 Å². The molecule has 12 heteroatoms. The number of thioether (sulfide) groups is 1. The average Bonchev–Trinajstić information content (AvgIpc) is 2.67. The van der Waals surface area contributed by atoms with Crippen LogP contribution in [0.2, 0.25) is 0 Å². The van der Waals surface area contributed by atoms with Gasteiger partial charge < -0.3 is 9.84 Å². The van der Waals surface area contributed by atoms with Crippen LogP contribution in [0, 0.1) is 0 Å². The molecule has 1 amide bonds. The van der Waals surface area contributed by atoms with Crippen molar-refractivity contribution in [1.82, 2.24) is 0 Å². The van der Waals surface area contributed by atoms with Gasteiger partial charge in [0.05, 0.1) is 22.7 Å². The summed E-state index contributed by atoms with van der Waals surface area (Å²) in [4.78, 5) is 10.4. The molecule has 30 heavy (non-hydrogen) atoms.